The number of benzene rings is 2. The van der Waals surface area contributed by atoms with Crippen LogP contribution in [0.5, 0.6) is 0 Å². The van der Waals surface area contributed by atoms with Crippen molar-refractivity contribution in [2.45, 2.75) is 52.6 Å². The molecule has 0 aliphatic rings. The first-order valence-electron chi connectivity index (χ1n) is 8.68. The fourth-order valence-corrected chi connectivity index (χ4v) is 3.07. The van der Waals surface area contributed by atoms with Gasteiger partial charge in [0.1, 0.15) is 5.78 Å². The zero-order valence-corrected chi connectivity index (χ0v) is 15.2. The highest BCUT2D eigenvalue weighted by Crippen LogP contribution is 2.37. The molecule has 0 spiro atoms. The van der Waals surface area contributed by atoms with Gasteiger partial charge < -0.3 is 5.11 Å². The van der Waals surface area contributed by atoms with Gasteiger partial charge in [0.2, 0.25) is 0 Å². The van der Waals surface area contributed by atoms with E-state index in [1.54, 1.807) is 13.8 Å². The van der Waals surface area contributed by atoms with Crippen molar-refractivity contribution in [3.05, 3.63) is 60.2 Å². The van der Waals surface area contributed by atoms with Crippen molar-refractivity contribution in [1.29, 1.82) is 0 Å². The van der Waals surface area contributed by atoms with Gasteiger partial charge in [0.15, 0.2) is 0 Å². The lowest BCUT2D eigenvalue weighted by atomic mass is 9.68. The molecule has 1 unspecified atom stereocenters. The van der Waals surface area contributed by atoms with Crippen LogP contribution in [0.1, 0.15) is 46.1 Å². The third-order valence-electron chi connectivity index (χ3n) is 5.26. The molecule has 0 amide bonds. The zero-order valence-electron chi connectivity index (χ0n) is 15.2. The highest BCUT2D eigenvalue weighted by Gasteiger charge is 2.44. The average molecular weight is 324 g/mol. The Morgan fingerprint density at radius 2 is 1.46 bits per heavy atom. The largest absolute Gasteiger partial charge is 0.389 e. The van der Waals surface area contributed by atoms with Crippen LogP contribution < -0.4 is 0 Å². The van der Waals surface area contributed by atoms with Crippen molar-refractivity contribution in [2.75, 3.05) is 0 Å². The highest BCUT2D eigenvalue weighted by molar-refractivity contribution is 5.85. The predicted octanol–water partition coefficient (Wildman–Crippen LogP) is 5.04. The second-order valence-corrected chi connectivity index (χ2v) is 7.23. The maximum Gasteiger partial charge on any atom is 0.141 e. The summed E-state index contributed by atoms with van der Waals surface area (Å²) in [4.78, 5) is 12.4. The Morgan fingerprint density at radius 1 is 0.917 bits per heavy atom. The SMILES string of the molecule is CCC(=O)C(C)(CCc1ccc(-c2ccccc2)cc1)C(C)(C)O. The monoisotopic (exact) mass is 324 g/mol. The summed E-state index contributed by atoms with van der Waals surface area (Å²) < 4.78 is 0. The average Bonchev–Trinajstić information content (AvgIpc) is 2.59. The lowest BCUT2D eigenvalue weighted by molar-refractivity contribution is -0.142. The van der Waals surface area contributed by atoms with Crippen molar-refractivity contribution in [3.8, 4) is 11.1 Å². The summed E-state index contributed by atoms with van der Waals surface area (Å²) in [6.07, 6.45) is 1.88. The molecule has 2 aromatic carbocycles. The summed E-state index contributed by atoms with van der Waals surface area (Å²) in [6.45, 7) is 7.22. The van der Waals surface area contributed by atoms with E-state index in [0.29, 0.717) is 12.8 Å². The Morgan fingerprint density at radius 3 is 1.96 bits per heavy atom. The van der Waals surface area contributed by atoms with Crippen LogP contribution in [-0.2, 0) is 11.2 Å². The van der Waals surface area contributed by atoms with Crippen LogP contribution in [-0.4, -0.2) is 16.5 Å². The molecule has 2 nitrogen and oxygen atoms in total. The fraction of sp³-hybridized carbons (Fsp3) is 0.409. The van der Waals surface area contributed by atoms with Crippen molar-refractivity contribution in [1.82, 2.24) is 0 Å². The maximum atomic E-state index is 12.4. The van der Waals surface area contributed by atoms with E-state index in [9.17, 15) is 9.90 Å². The predicted molar refractivity (Wildman–Crippen MR) is 99.9 cm³/mol. The molecule has 0 aliphatic carbocycles. The van der Waals surface area contributed by atoms with Crippen LogP contribution >= 0.6 is 0 Å². The number of carbonyl (C=O) groups excluding carboxylic acids is 1. The van der Waals surface area contributed by atoms with Crippen LogP contribution in [0.15, 0.2) is 54.6 Å². The Bertz CT molecular complexity index is 665. The van der Waals surface area contributed by atoms with Gasteiger partial charge in [-0.3, -0.25) is 4.79 Å². The van der Waals surface area contributed by atoms with E-state index < -0.39 is 11.0 Å². The Hall–Kier alpha value is -1.93. The summed E-state index contributed by atoms with van der Waals surface area (Å²) in [7, 11) is 0. The lowest BCUT2D eigenvalue weighted by Crippen LogP contribution is -2.47. The zero-order chi connectivity index (χ0) is 17.8. The molecular formula is C22H28O2. The minimum absolute atomic E-state index is 0.121. The van der Waals surface area contributed by atoms with E-state index in [2.05, 4.69) is 36.4 Å². The maximum absolute atomic E-state index is 12.4. The second-order valence-electron chi connectivity index (χ2n) is 7.23. The number of Topliss-reactive ketones (excluding diaryl/α,β-unsaturated/α-hetero) is 1. The highest BCUT2D eigenvalue weighted by atomic mass is 16.3. The molecule has 128 valence electrons. The number of ketones is 1. The number of hydrogen-bond acceptors (Lipinski definition) is 2. The van der Waals surface area contributed by atoms with Gasteiger partial charge >= 0.3 is 0 Å². The molecule has 0 aromatic heterocycles. The van der Waals surface area contributed by atoms with E-state index >= 15 is 0 Å². The molecule has 2 rings (SSSR count). The number of hydrogen-bond donors (Lipinski definition) is 1. The lowest BCUT2D eigenvalue weighted by Gasteiger charge is -2.39. The van der Waals surface area contributed by atoms with E-state index in [4.69, 9.17) is 0 Å². The molecule has 2 heteroatoms. The van der Waals surface area contributed by atoms with Crippen molar-refractivity contribution < 1.29 is 9.90 Å². The summed E-state index contributed by atoms with van der Waals surface area (Å²) in [6, 6.07) is 18.7. The molecule has 1 N–H and O–H groups in total. The van der Waals surface area contributed by atoms with Crippen LogP contribution in [0.3, 0.4) is 0 Å². The van der Waals surface area contributed by atoms with Crippen LogP contribution in [0.4, 0.5) is 0 Å². The minimum Gasteiger partial charge on any atom is -0.389 e. The molecule has 24 heavy (non-hydrogen) atoms. The molecule has 0 bridgehead atoms. The smallest absolute Gasteiger partial charge is 0.141 e. The van der Waals surface area contributed by atoms with Gasteiger partial charge in [-0.15, -0.1) is 0 Å². The van der Waals surface area contributed by atoms with Gasteiger partial charge in [-0.25, -0.2) is 0 Å². The first kappa shape index (κ1) is 18.4. The second kappa shape index (κ2) is 7.31. The van der Waals surface area contributed by atoms with Crippen LogP contribution in [0.2, 0.25) is 0 Å². The topological polar surface area (TPSA) is 37.3 Å². The third kappa shape index (κ3) is 3.93. The fourth-order valence-electron chi connectivity index (χ4n) is 3.07. The van der Waals surface area contributed by atoms with Crippen molar-refractivity contribution >= 4 is 5.78 Å². The quantitative estimate of drug-likeness (QED) is 0.774. The minimum atomic E-state index is -1.02. The summed E-state index contributed by atoms with van der Waals surface area (Å²) in [5.74, 6) is 0.121. The Kier molecular flexibility index (Phi) is 5.61. The molecule has 0 saturated carbocycles. The van der Waals surface area contributed by atoms with E-state index in [1.807, 2.05) is 32.0 Å². The van der Waals surface area contributed by atoms with Crippen molar-refractivity contribution in [3.63, 3.8) is 0 Å². The standard InChI is InChI=1S/C22H28O2/c1-5-20(23)22(4,21(2,3)24)16-15-17-11-13-19(14-12-17)18-9-7-6-8-10-18/h6-14,24H,5,15-16H2,1-4H3. The van der Waals surface area contributed by atoms with E-state index in [1.165, 1.54) is 16.7 Å². The molecule has 1 atom stereocenters. The van der Waals surface area contributed by atoms with Gasteiger partial charge in [-0.05, 0) is 50.3 Å². The molecule has 0 heterocycles. The van der Waals surface area contributed by atoms with Crippen LogP contribution in [0, 0.1) is 5.41 Å². The van der Waals surface area contributed by atoms with E-state index in [0.717, 1.165) is 6.42 Å². The number of carbonyl (C=O) groups is 1. The summed E-state index contributed by atoms with van der Waals surface area (Å²) in [5.41, 5.74) is 1.83. The van der Waals surface area contributed by atoms with Gasteiger partial charge in [0, 0.05) is 6.42 Å². The normalized spacial score (nSPS) is 14.2. The third-order valence-corrected chi connectivity index (χ3v) is 5.26. The van der Waals surface area contributed by atoms with Gasteiger partial charge in [0.05, 0.1) is 11.0 Å². The molecule has 0 aliphatic heterocycles. The van der Waals surface area contributed by atoms with Gasteiger partial charge in [-0.1, -0.05) is 61.5 Å². The molecule has 2 aromatic rings. The van der Waals surface area contributed by atoms with Crippen LogP contribution in [0.25, 0.3) is 11.1 Å². The molecule has 0 fully saturated rings. The molecule has 0 radical (unpaired) electrons. The van der Waals surface area contributed by atoms with Gasteiger partial charge in [0.25, 0.3) is 0 Å². The van der Waals surface area contributed by atoms with Crippen molar-refractivity contribution in [2.24, 2.45) is 5.41 Å². The Labute approximate surface area is 145 Å². The Balaban J connectivity index is 2.12. The molecular weight excluding hydrogens is 296 g/mol. The molecule has 0 saturated heterocycles. The number of aliphatic hydroxyl groups is 1. The van der Waals surface area contributed by atoms with E-state index in [-0.39, 0.29) is 5.78 Å². The summed E-state index contributed by atoms with van der Waals surface area (Å²) >= 11 is 0. The van der Waals surface area contributed by atoms with Gasteiger partial charge in [-0.2, -0.15) is 0 Å². The first-order valence-corrected chi connectivity index (χ1v) is 8.68. The summed E-state index contributed by atoms with van der Waals surface area (Å²) in [5, 5.41) is 10.5. The number of aryl methyl sites for hydroxylation is 1. The first-order chi connectivity index (χ1) is 11.3. The number of rotatable bonds is 7.